The van der Waals surface area contributed by atoms with Gasteiger partial charge in [0.15, 0.2) is 0 Å². The van der Waals surface area contributed by atoms with E-state index in [0.29, 0.717) is 13.2 Å². The van der Waals surface area contributed by atoms with Gasteiger partial charge in [0.25, 0.3) is 0 Å². The summed E-state index contributed by atoms with van der Waals surface area (Å²) in [6.45, 7) is 8.18. The van der Waals surface area contributed by atoms with E-state index in [1.165, 1.54) is 11.1 Å². The van der Waals surface area contributed by atoms with E-state index in [4.69, 9.17) is 4.74 Å². The van der Waals surface area contributed by atoms with Crippen LogP contribution in [0.4, 0.5) is 0 Å². The summed E-state index contributed by atoms with van der Waals surface area (Å²) < 4.78 is 4.90. The number of hydrogen-bond acceptors (Lipinski definition) is 1. The van der Waals surface area contributed by atoms with E-state index >= 15 is 0 Å². The molecule has 0 saturated carbocycles. The summed E-state index contributed by atoms with van der Waals surface area (Å²) in [7, 11) is 0. The number of benzene rings is 2. The molecule has 0 aromatic heterocycles. The van der Waals surface area contributed by atoms with Gasteiger partial charge < -0.3 is 6.16 Å². The molecule has 20 heavy (non-hydrogen) atoms. The predicted octanol–water partition coefficient (Wildman–Crippen LogP) is 1.85. The number of rotatable bonds is 5. The molecular weight excluding hydrogens is 255 g/mol. The largest absolute Gasteiger partial charge is 1.00 e. The molecule has 0 atom stereocenters. The van der Waals surface area contributed by atoms with Gasteiger partial charge in [-0.15, -0.1) is 13.2 Å². The minimum Gasteiger partial charge on any atom is -1.00 e. The van der Waals surface area contributed by atoms with E-state index < -0.39 is 0 Å². The van der Waals surface area contributed by atoms with Gasteiger partial charge in [-0.25, -0.2) is 0 Å². The molecule has 0 aliphatic rings. The fourth-order valence-corrected chi connectivity index (χ4v) is 1.50. The van der Waals surface area contributed by atoms with Crippen LogP contribution in [-0.4, -0.2) is 13.2 Å². The molecule has 1 nitrogen and oxygen atoms in total. The maximum atomic E-state index is 4.90. The second-order valence-corrected chi connectivity index (χ2v) is 3.85. The van der Waals surface area contributed by atoms with Gasteiger partial charge in [0.2, 0.25) is 0 Å². The third kappa shape index (κ3) is 8.13. The third-order valence-corrected chi connectivity index (χ3v) is 2.35. The van der Waals surface area contributed by atoms with Gasteiger partial charge in [-0.3, -0.25) is 0 Å². The normalized spacial score (nSPS) is 8.60. The Morgan fingerprint density at radius 1 is 0.750 bits per heavy atom. The molecule has 0 aliphatic carbocycles. The molecule has 2 aromatic carbocycles. The first kappa shape index (κ1) is 18.9. The summed E-state index contributed by atoms with van der Waals surface area (Å²) in [6.07, 6.45) is 3.42. The molecule has 0 fully saturated rings. The van der Waals surface area contributed by atoms with Crippen LogP contribution in [0.1, 0.15) is 1.43 Å². The van der Waals surface area contributed by atoms with Gasteiger partial charge in [0.1, 0.15) is 0 Å². The maximum Gasteiger partial charge on any atom is 1.00 e. The van der Waals surface area contributed by atoms with E-state index in [1.807, 2.05) is 12.1 Å². The van der Waals surface area contributed by atoms with Gasteiger partial charge in [-0.05, 0) is 11.1 Å². The molecule has 0 N–H and O–H groups in total. The summed E-state index contributed by atoms with van der Waals surface area (Å²) in [5.74, 6) is 0. The van der Waals surface area contributed by atoms with E-state index in [-0.39, 0.29) is 31.0 Å². The van der Waals surface area contributed by atoms with Gasteiger partial charge in [-0.1, -0.05) is 72.8 Å². The molecule has 0 unspecified atom stereocenters. The second kappa shape index (κ2) is 12.9. The van der Waals surface area contributed by atoms with Crippen molar-refractivity contribution in [3.05, 3.63) is 86.0 Å². The first-order valence-electron chi connectivity index (χ1n) is 6.28. The van der Waals surface area contributed by atoms with Crippen molar-refractivity contribution in [2.24, 2.45) is 0 Å². The van der Waals surface area contributed by atoms with E-state index in [2.05, 4.69) is 61.7 Å². The SMILES string of the molecule is C=CCOCC=C.[H-].[Na+].c1ccc(-c2ccccc2)cc1. The van der Waals surface area contributed by atoms with Crippen LogP contribution in [0.2, 0.25) is 0 Å². The van der Waals surface area contributed by atoms with Gasteiger partial charge >= 0.3 is 29.6 Å². The van der Waals surface area contributed by atoms with Crippen LogP contribution in [0, 0.1) is 0 Å². The molecule has 0 heterocycles. The van der Waals surface area contributed by atoms with E-state index in [9.17, 15) is 0 Å². The Balaban J connectivity index is 0. The van der Waals surface area contributed by atoms with Gasteiger partial charge in [0, 0.05) is 0 Å². The fraction of sp³-hybridized carbons (Fsp3) is 0.111. The molecular formula is C18H21NaO. The van der Waals surface area contributed by atoms with E-state index in [0.717, 1.165) is 0 Å². The first-order chi connectivity index (χ1) is 9.38. The van der Waals surface area contributed by atoms with Crippen LogP contribution in [-0.2, 0) is 4.74 Å². The van der Waals surface area contributed by atoms with Crippen molar-refractivity contribution in [2.45, 2.75) is 0 Å². The van der Waals surface area contributed by atoms with Crippen LogP contribution in [0.15, 0.2) is 86.0 Å². The molecule has 2 heteroatoms. The zero-order valence-electron chi connectivity index (χ0n) is 13.2. The third-order valence-electron chi connectivity index (χ3n) is 2.35. The number of hydrogen-bond donors (Lipinski definition) is 0. The van der Waals surface area contributed by atoms with Crippen LogP contribution in [0.25, 0.3) is 11.1 Å². The van der Waals surface area contributed by atoms with Crippen molar-refractivity contribution < 1.29 is 35.7 Å². The summed E-state index contributed by atoms with van der Waals surface area (Å²) >= 11 is 0. The van der Waals surface area contributed by atoms with Gasteiger partial charge in [-0.2, -0.15) is 0 Å². The Morgan fingerprint density at radius 3 is 1.40 bits per heavy atom. The summed E-state index contributed by atoms with van der Waals surface area (Å²) in [5, 5.41) is 0. The zero-order valence-corrected chi connectivity index (χ0v) is 14.2. The van der Waals surface area contributed by atoms with E-state index in [1.54, 1.807) is 12.2 Å². The van der Waals surface area contributed by atoms with Gasteiger partial charge in [0.05, 0.1) is 13.2 Å². The summed E-state index contributed by atoms with van der Waals surface area (Å²) in [4.78, 5) is 0. The molecule has 2 aromatic rings. The molecule has 0 radical (unpaired) electrons. The molecule has 100 valence electrons. The Bertz CT molecular complexity index is 426. The summed E-state index contributed by atoms with van der Waals surface area (Å²) in [6, 6.07) is 20.8. The molecule has 0 amide bonds. The van der Waals surface area contributed by atoms with Crippen LogP contribution in [0.3, 0.4) is 0 Å². The molecule has 2 rings (SSSR count). The van der Waals surface area contributed by atoms with Crippen LogP contribution >= 0.6 is 0 Å². The second-order valence-electron chi connectivity index (χ2n) is 3.85. The molecule has 0 spiro atoms. The van der Waals surface area contributed by atoms with Crippen molar-refractivity contribution in [3.63, 3.8) is 0 Å². The minimum atomic E-state index is 0. The van der Waals surface area contributed by atoms with Crippen molar-refractivity contribution >= 4 is 0 Å². The Morgan fingerprint density at radius 2 is 1.10 bits per heavy atom. The first-order valence-corrected chi connectivity index (χ1v) is 6.28. The van der Waals surface area contributed by atoms with Crippen LogP contribution in [0.5, 0.6) is 0 Å². The van der Waals surface area contributed by atoms with Crippen molar-refractivity contribution in [3.8, 4) is 11.1 Å². The average Bonchev–Trinajstić information content (AvgIpc) is 2.50. The summed E-state index contributed by atoms with van der Waals surface area (Å²) in [5.41, 5.74) is 2.55. The standard InChI is InChI=1S/C12H10.C6H10O.Na.H/c1-3-7-11(8-4-1)12-9-5-2-6-10-12;1-3-5-7-6-4-2;;/h1-10H;3-4H,1-2,5-6H2;;/q;;+1;-1. The fourth-order valence-electron chi connectivity index (χ4n) is 1.50. The smallest absolute Gasteiger partial charge is 1.00 e. The Hall–Kier alpha value is -1.12. The number of ether oxygens (including phenoxy) is 1. The molecule has 0 aliphatic heterocycles. The molecule has 0 bridgehead atoms. The zero-order chi connectivity index (χ0) is 13.8. The topological polar surface area (TPSA) is 9.23 Å². The monoisotopic (exact) mass is 276 g/mol. The maximum absolute atomic E-state index is 4.90. The average molecular weight is 276 g/mol. The quantitative estimate of drug-likeness (QED) is 0.460. The van der Waals surface area contributed by atoms with Crippen LogP contribution < -0.4 is 29.6 Å². The predicted molar refractivity (Wildman–Crippen MR) is 84.2 cm³/mol. The molecule has 0 saturated heterocycles. The minimum absolute atomic E-state index is 0. The Kier molecular flexibility index (Phi) is 12.2. The Labute approximate surface area is 145 Å². The van der Waals surface area contributed by atoms with Crippen molar-refractivity contribution in [1.82, 2.24) is 0 Å². The van der Waals surface area contributed by atoms with Crippen molar-refractivity contribution in [2.75, 3.05) is 13.2 Å². The van der Waals surface area contributed by atoms with Crippen molar-refractivity contribution in [1.29, 1.82) is 0 Å².